The SMILES string of the molecule is CCO[C@H]1CCC2(CCCCC2)O1. The van der Waals surface area contributed by atoms with Gasteiger partial charge in [-0.25, -0.2) is 0 Å². The lowest BCUT2D eigenvalue weighted by Crippen LogP contribution is -2.32. The lowest BCUT2D eigenvalue weighted by molar-refractivity contribution is -0.174. The van der Waals surface area contributed by atoms with E-state index < -0.39 is 0 Å². The fraction of sp³-hybridized carbons (Fsp3) is 1.00. The second-order valence-electron chi connectivity index (χ2n) is 4.29. The fourth-order valence-corrected chi connectivity index (χ4v) is 2.64. The average molecular weight is 184 g/mol. The first-order valence-corrected chi connectivity index (χ1v) is 5.64. The predicted molar refractivity (Wildman–Crippen MR) is 51.5 cm³/mol. The summed E-state index contributed by atoms with van der Waals surface area (Å²) >= 11 is 0. The molecule has 2 aliphatic rings. The van der Waals surface area contributed by atoms with Crippen LogP contribution in [-0.4, -0.2) is 18.5 Å². The van der Waals surface area contributed by atoms with Crippen molar-refractivity contribution in [2.24, 2.45) is 0 Å². The van der Waals surface area contributed by atoms with Crippen molar-refractivity contribution >= 4 is 0 Å². The molecule has 0 aromatic heterocycles. The lowest BCUT2D eigenvalue weighted by atomic mass is 9.83. The molecule has 13 heavy (non-hydrogen) atoms. The molecule has 0 N–H and O–H groups in total. The molecule has 0 aromatic carbocycles. The monoisotopic (exact) mass is 184 g/mol. The maximum atomic E-state index is 6.01. The van der Waals surface area contributed by atoms with Gasteiger partial charge >= 0.3 is 0 Å². The van der Waals surface area contributed by atoms with E-state index in [2.05, 4.69) is 0 Å². The Hall–Kier alpha value is -0.0800. The van der Waals surface area contributed by atoms with Crippen LogP contribution in [0.3, 0.4) is 0 Å². The van der Waals surface area contributed by atoms with Gasteiger partial charge in [-0.05, 0) is 26.2 Å². The van der Waals surface area contributed by atoms with Crippen LogP contribution in [0.4, 0.5) is 0 Å². The normalized spacial score (nSPS) is 32.5. The van der Waals surface area contributed by atoms with Crippen LogP contribution >= 0.6 is 0 Å². The van der Waals surface area contributed by atoms with Gasteiger partial charge in [0.25, 0.3) is 0 Å². The second kappa shape index (κ2) is 3.97. The van der Waals surface area contributed by atoms with Gasteiger partial charge < -0.3 is 9.47 Å². The van der Waals surface area contributed by atoms with Crippen molar-refractivity contribution in [1.82, 2.24) is 0 Å². The third-order valence-electron chi connectivity index (χ3n) is 3.33. The molecule has 2 rings (SSSR count). The zero-order chi connectivity index (χ0) is 9.15. The molecule has 1 saturated carbocycles. The van der Waals surface area contributed by atoms with Crippen LogP contribution in [-0.2, 0) is 9.47 Å². The fourth-order valence-electron chi connectivity index (χ4n) is 2.64. The van der Waals surface area contributed by atoms with Crippen LogP contribution in [0.1, 0.15) is 51.9 Å². The van der Waals surface area contributed by atoms with Gasteiger partial charge in [-0.1, -0.05) is 19.3 Å². The first-order chi connectivity index (χ1) is 6.35. The zero-order valence-corrected chi connectivity index (χ0v) is 8.55. The van der Waals surface area contributed by atoms with E-state index in [1.807, 2.05) is 6.92 Å². The van der Waals surface area contributed by atoms with Gasteiger partial charge in [0.2, 0.25) is 0 Å². The summed E-state index contributed by atoms with van der Waals surface area (Å²) in [6.07, 6.45) is 9.03. The van der Waals surface area contributed by atoms with Crippen molar-refractivity contribution in [3.05, 3.63) is 0 Å². The van der Waals surface area contributed by atoms with Crippen molar-refractivity contribution in [3.8, 4) is 0 Å². The molecule has 0 bridgehead atoms. The molecule has 1 atom stereocenters. The Bertz CT molecular complexity index is 161. The highest BCUT2D eigenvalue weighted by molar-refractivity contribution is 4.89. The molecule has 76 valence electrons. The van der Waals surface area contributed by atoms with Crippen LogP contribution in [0.15, 0.2) is 0 Å². The van der Waals surface area contributed by atoms with Gasteiger partial charge in [0, 0.05) is 13.0 Å². The number of ether oxygens (including phenoxy) is 2. The highest BCUT2D eigenvalue weighted by Crippen LogP contribution is 2.41. The molecule has 1 aliphatic carbocycles. The van der Waals surface area contributed by atoms with E-state index in [1.54, 1.807) is 0 Å². The summed E-state index contributed by atoms with van der Waals surface area (Å²) in [6, 6.07) is 0. The molecule has 0 amide bonds. The molecular weight excluding hydrogens is 164 g/mol. The maximum absolute atomic E-state index is 6.01. The summed E-state index contributed by atoms with van der Waals surface area (Å²) in [7, 11) is 0. The first-order valence-electron chi connectivity index (χ1n) is 5.64. The Morgan fingerprint density at radius 1 is 1.23 bits per heavy atom. The molecule has 1 saturated heterocycles. The summed E-state index contributed by atoms with van der Waals surface area (Å²) in [5.41, 5.74) is 0.220. The van der Waals surface area contributed by atoms with Crippen molar-refractivity contribution in [1.29, 1.82) is 0 Å². The third-order valence-corrected chi connectivity index (χ3v) is 3.33. The van der Waals surface area contributed by atoms with Crippen LogP contribution in [0.5, 0.6) is 0 Å². The van der Waals surface area contributed by atoms with Gasteiger partial charge in [0.1, 0.15) is 0 Å². The van der Waals surface area contributed by atoms with Crippen LogP contribution < -0.4 is 0 Å². The van der Waals surface area contributed by atoms with Crippen LogP contribution in [0, 0.1) is 0 Å². The van der Waals surface area contributed by atoms with E-state index in [9.17, 15) is 0 Å². The Balaban J connectivity index is 1.87. The van der Waals surface area contributed by atoms with Crippen LogP contribution in [0.25, 0.3) is 0 Å². The van der Waals surface area contributed by atoms with Gasteiger partial charge in [0.15, 0.2) is 6.29 Å². The van der Waals surface area contributed by atoms with E-state index >= 15 is 0 Å². The highest BCUT2D eigenvalue weighted by Gasteiger charge is 2.40. The molecule has 2 fully saturated rings. The van der Waals surface area contributed by atoms with E-state index in [4.69, 9.17) is 9.47 Å². The van der Waals surface area contributed by atoms with Crippen LogP contribution in [0.2, 0.25) is 0 Å². The first kappa shape index (κ1) is 9.47. The summed E-state index contributed by atoms with van der Waals surface area (Å²) in [6.45, 7) is 2.82. The van der Waals surface area contributed by atoms with E-state index in [0.717, 1.165) is 13.0 Å². The Labute approximate surface area is 80.6 Å². The molecule has 0 radical (unpaired) electrons. The maximum Gasteiger partial charge on any atom is 0.158 e. The number of hydrogen-bond acceptors (Lipinski definition) is 2. The smallest absolute Gasteiger partial charge is 0.158 e. The quantitative estimate of drug-likeness (QED) is 0.657. The van der Waals surface area contributed by atoms with Crippen molar-refractivity contribution in [2.45, 2.75) is 63.8 Å². The second-order valence-corrected chi connectivity index (χ2v) is 4.29. The van der Waals surface area contributed by atoms with Crippen molar-refractivity contribution in [2.75, 3.05) is 6.61 Å². The average Bonchev–Trinajstić information content (AvgIpc) is 2.51. The summed E-state index contributed by atoms with van der Waals surface area (Å²) in [4.78, 5) is 0. The largest absolute Gasteiger partial charge is 0.353 e. The minimum Gasteiger partial charge on any atom is -0.353 e. The zero-order valence-electron chi connectivity index (χ0n) is 8.55. The summed E-state index contributed by atoms with van der Waals surface area (Å²) < 4.78 is 11.5. The lowest BCUT2D eigenvalue weighted by Gasteiger charge is -2.32. The van der Waals surface area contributed by atoms with Gasteiger partial charge in [-0.3, -0.25) is 0 Å². The molecule has 1 aliphatic heterocycles. The minimum atomic E-state index is 0.100. The third kappa shape index (κ3) is 2.05. The standard InChI is InChI=1S/C11H20O2/c1-2-12-10-6-9-11(13-10)7-4-3-5-8-11/h10H,2-9H2,1H3/t10-/m1/s1. The van der Waals surface area contributed by atoms with Crippen molar-refractivity contribution in [3.63, 3.8) is 0 Å². The van der Waals surface area contributed by atoms with Gasteiger partial charge in [-0.15, -0.1) is 0 Å². The number of rotatable bonds is 2. The summed E-state index contributed by atoms with van der Waals surface area (Å²) in [5.74, 6) is 0. The van der Waals surface area contributed by atoms with E-state index in [0.29, 0.717) is 0 Å². The molecular formula is C11H20O2. The molecule has 2 heteroatoms. The highest BCUT2D eigenvalue weighted by atomic mass is 16.7. The Kier molecular flexibility index (Phi) is 2.89. The van der Waals surface area contributed by atoms with E-state index in [1.165, 1.54) is 38.5 Å². The molecule has 0 aromatic rings. The number of hydrogen-bond donors (Lipinski definition) is 0. The van der Waals surface area contributed by atoms with Crippen molar-refractivity contribution < 1.29 is 9.47 Å². The van der Waals surface area contributed by atoms with Gasteiger partial charge in [-0.2, -0.15) is 0 Å². The molecule has 1 heterocycles. The molecule has 0 unspecified atom stereocenters. The Morgan fingerprint density at radius 2 is 2.00 bits per heavy atom. The van der Waals surface area contributed by atoms with E-state index in [-0.39, 0.29) is 11.9 Å². The Morgan fingerprint density at radius 3 is 2.69 bits per heavy atom. The topological polar surface area (TPSA) is 18.5 Å². The minimum absolute atomic E-state index is 0.100. The predicted octanol–water partition coefficient (Wildman–Crippen LogP) is 2.86. The molecule has 1 spiro atoms. The van der Waals surface area contributed by atoms with Gasteiger partial charge in [0.05, 0.1) is 5.60 Å². The summed E-state index contributed by atoms with van der Waals surface area (Å²) in [5, 5.41) is 0. The molecule has 2 nitrogen and oxygen atoms in total.